The lowest BCUT2D eigenvalue weighted by molar-refractivity contribution is -0.146. The van der Waals surface area contributed by atoms with E-state index >= 15 is 0 Å². The first-order valence-electron chi connectivity index (χ1n) is 5.45. The van der Waals surface area contributed by atoms with Crippen LogP contribution >= 0.6 is 0 Å². The molecule has 5 heteroatoms. The molecule has 2 rings (SSSR count). The molecule has 0 fully saturated rings. The molecule has 5 nitrogen and oxygen atoms in total. The first kappa shape index (κ1) is 11.4. The Kier molecular flexibility index (Phi) is 2.75. The lowest BCUT2D eigenvalue weighted by atomic mass is 10.0. The van der Waals surface area contributed by atoms with Gasteiger partial charge in [-0.05, 0) is 26.0 Å². The van der Waals surface area contributed by atoms with Gasteiger partial charge in [-0.2, -0.15) is 0 Å². The highest BCUT2D eigenvalue weighted by Gasteiger charge is 2.46. The Morgan fingerprint density at radius 3 is 2.88 bits per heavy atom. The van der Waals surface area contributed by atoms with Crippen molar-refractivity contribution in [3.05, 3.63) is 24.3 Å². The molecule has 0 saturated carbocycles. The Balaban J connectivity index is 2.34. The summed E-state index contributed by atoms with van der Waals surface area (Å²) >= 11 is 0. The van der Waals surface area contributed by atoms with E-state index < -0.39 is 17.4 Å². The fraction of sp³-hybridized carbons (Fsp3) is 0.333. The van der Waals surface area contributed by atoms with Crippen LogP contribution < -0.4 is 15.4 Å². The van der Waals surface area contributed by atoms with Crippen LogP contribution in [0.25, 0.3) is 0 Å². The fourth-order valence-electron chi connectivity index (χ4n) is 1.65. The molecule has 1 aromatic rings. The molecule has 0 aliphatic carbocycles. The maximum absolute atomic E-state index is 11.9. The fourth-order valence-corrected chi connectivity index (χ4v) is 1.65. The maximum Gasteiger partial charge on any atom is 0.278 e. The molecule has 2 N–H and O–H groups in total. The third-order valence-corrected chi connectivity index (χ3v) is 2.65. The molecule has 0 unspecified atom stereocenters. The van der Waals surface area contributed by atoms with Gasteiger partial charge in [0.1, 0.15) is 5.75 Å². The second kappa shape index (κ2) is 4.08. The zero-order chi connectivity index (χ0) is 12.5. The molecule has 0 aromatic heterocycles. The number of likely N-dealkylation sites (N-methyl/N-ethyl adjacent to an activating group) is 1. The largest absolute Gasteiger partial charge is 0.466 e. The van der Waals surface area contributed by atoms with Gasteiger partial charge in [-0.1, -0.05) is 12.1 Å². The maximum atomic E-state index is 11.9. The topological polar surface area (TPSA) is 67.4 Å². The second-order valence-electron chi connectivity index (χ2n) is 3.95. The monoisotopic (exact) mass is 234 g/mol. The summed E-state index contributed by atoms with van der Waals surface area (Å²) < 4.78 is 5.52. The van der Waals surface area contributed by atoms with Crippen molar-refractivity contribution in [2.45, 2.75) is 19.4 Å². The number of nitrogens with one attached hydrogen (secondary N) is 2. The highest BCUT2D eigenvalue weighted by molar-refractivity contribution is 6.15. The van der Waals surface area contributed by atoms with E-state index in [9.17, 15) is 9.59 Å². The van der Waals surface area contributed by atoms with Gasteiger partial charge in [0.15, 0.2) is 0 Å². The number of para-hydroxylation sites is 2. The molecule has 1 heterocycles. The molecule has 1 aliphatic rings. The molecule has 0 bridgehead atoms. The van der Waals surface area contributed by atoms with E-state index in [1.54, 1.807) is 31.2 Å². The van der Waals surface area contributed by atoms with Crippen LogP contribution in [-0.4, -0.2) is 24.0 Å². The van der Waals surface area contributed by atoms with Gasteiger partial charge in [0.25, 0.3) is 17.4 Å². The molecule has 1 aliphatic heterocycles. The van der Waals surface area contributed by atoms with Gasteiger partial charge in [0.2, 0.25) is 0 Å². The minimum atomic E-state index is -1.51. The summed E-state index contributed by atoms with van der Waals surface area (Å²) in [5.74, 6) is -0.394. The van der Waals surface area contributed by atoms with Crippen LogP contribution in [0, 0.1) is 0 Å². The van der Waals surface area contributed by atoms with Crippen molar-refractivity contribution in [1.29, 1.82) is 0 Å². The Bertz CT molecular complexity index is 473. The van der Waals surface area contributed by atoms with Crippen molar-refractivity contribution in [2.24, 2.45) is 0 Å². The van der Waals surface area contributed by atoms with Gasteiger partial charge in [-0.3, -0.25) is 9.59 Å². The summed E-state index contributed by atoms with van der Waals surface area (Å²) in [5, 5.41) is 5.26. The molecular weight excluding hydrogens is 220 g/mol. The van der Waals surface area contributed by atoms with Gasteiger partial charge < -0.3 is 15.4 Å². The molecule has 17 heavy (non-hydrogen) atoms. The number of hydrogen-bond acceptors (Lipinski definition) is 3. The number of benzene rings is 1. The van der Waals surface area contributed by atoms with Crippen molar-refractivity contribution in [1.82, 2.24) is 5.32 Å². The lowest BCUT2D eigenvalue weighted by Gasteiger charge is -2.33. The number of carbonyl (C=O) groups excluding carboxylic acids is 2. The van der Waals surface area contributed by atoms with E-state index in [1.807, 2.05) is 0 Å². The second-order valence-corrected chi connectivity index (χ2v) is 3.95. The van der Waals surface area contributed by atoms with Gasteiger partial charge in [0.05, 0.1) is 5.69 Å². The van der Waals surface area contributed by atoms with Crippen LogP contribution in [0.3, 0.4) is 0 Å². The van der Waals surface area contributed by atoms with Crippen LogP contribution in [0.5, 0.6) is 5.75 Å². The minimum absolute atomic E-state index is 0.438. The SMILES string of the molecule is CCNC(=O)[C@@]1(C)Oc2ccccc2NC1=O. The standard InChI is InChI=1S/C12H14N2O3/c1-3-13-10(15)12(2)11(16)14-8-6-4-5-7-9(8)17-12/h4-7H,3H2,1-2H3,(H,13,15)(H,14,16)/t12-/m1/s1. The summed E-state index contributed by atoms with van der Waals surface area (Å²) in [6, 6.07) is 7.02. The predicted octanol–water partition coefficient (Wildman–Crippen LogP) is 0.912. The molecule has 0 saturated heterocycles. The quantitative estimate of drug-likeness (QED) is 0.747. The van der Waals surface area contributed by atoms with Gasteiger partial charge in [-0.15, -0.1) is 0 Å². The molecule has 90 valence electrons. The van der Waals surface area contributed by atoms with Crippen molar-refractivity contribution < 1.29 is 14.3 Å². The van der Waals surface area contributed by atoms with Crippen LogP contribution in [0.4, 0.5) is 5.69 Å². The first-order chi connectivity index (χ1) is 8.08. The number of anilines is 1. The summed E-state index contributed by atoms with van der Waals surface area (Å²) in [4.78, 5) is 23.7. The molecule has 0 radical (unpaired) electrons. The van der Waals surface area contributed by atoms with Crippen molar-refractivity contribution in [3.63, 3.8) is 0 Å². The minimum Gasteiger partial charge on any atom is -0.466 e. The number of carbonyl (C=O) groups is 2. The van der Waals surface area contributed by atoms with Crippen LogP contribution in [0.15, 0.2) is 24.3 Å². The van der Waals surface area contributed by atoms with E-state index in [0.717, 1.165) is 0 Å². The van der Waals surface area contributed by atoms with E-state index in [2.05, 4.69) is 10.6 Å². The molecular formula is C12H14N2O3. The smallest absolute Gasteiger partial charge is 0.278 e. The Labute approximate surface area is 99.2 Å². The number of amides is 2. The molecule has 1 aromatic carbocycles. The van der Waals surface area contributed by atoms with Crippen molar-refractivity contribution >= 4 is 17.5 Å². The Morgan fingerprint density at radius 1 is 1.47 bits per heavy atom. The normalized spacial score (nSPS) is 22.1. The third-order valence-electron chi connectivity index (χ3n) is 2.65. The number of hydrogen-bond donors (Lipinski definition) is 2. The lowest BCUT2D eigenvalue weighted by Crippen LogP contribution is -2.58. The number of ether oxygens (including phenoxy) is 1. The Hall–Kier alpha value is -2.04. The zero-order valence-electron chi connectivity index (χ0n) is 9.74. The summed E-state index contributed by atoms with van der Waals surface area (Å²) in [6.45, 7) is 3.70. The Morgan fingerprint density at radius 2 is 2.18 bits per heavy atom. The summed E-state index contributed by atoms with van der Waals surface area (Å²) in [5.41, 5.74) is -0.927. The highest BCUT2D eigenvalue weighted by atomic mass is 16.5. The summed E-state index contributed by atoms with van der Waals surface area (Å²) in [7, 11) is 0. The average molecular weight is 234 g/mol. The van der Waals surface area contributed by atoms with E-state index in [4.69, 9.17) is 4.74 Å². The zero-order valence-corrected chi connectivity index (χ0v) is 9.74. The van der Waals surface area contributed by atoms with Crippen LogP contribution in [0.2, 0.25) is 0 Å². The van der Waals surface area contributed by atoms with Gasteiger partial charge >= 0.3 is 0 Å². The molecule has 0 spiro atoms. The summed E-state index contributed by atoms with van der Waals surface area (Å²) in [6.07, 6.45) is 0. The number of fused-ring (bicyclic) bond motifs is 1. The van der Waals surface area contributed by atoms with E-state index in [-0.39, 0.29) is 0 Å². The van der Waals surface area contributed by atoms with Crippen molar-refractivity contribution in [2.75, 3.05) is 11.9 Å². The van der Waals surface area contributed by atoms with Gasteiger partial charge in [-0.25, -0.2) is 0 Å². The van der Waals surface area contributed by atoms with Crippen LogP contribution in [-0.2, 0) is 9.59 Å². The molecule has 2 amide bonds. The highest BCUT2D eigenvalue weighted by Crippen LogP contribution is 2.33. The van der Waals surface area contributed by atoms with Gasteiger partial charge in [0, 0.05) is 6.54 Å². The van der Waals surface area contributed by atoms with E-state index in [0.29, 0.717) is 18.0 Å². The predicted molar refractivity (Wildman–Crippen MR) is 62.8 cm³/mol. The first-order valence-corrected chi connectivity index (χ1v) is 5.45. The van der Waals surface area contributed by atoms with E-state index in [1.165, 1.54) is 6.92 Å². The molecule has 1 atom stereocenters. The number of rotatable bonds is 2. The average Bonchev–Trinajstić information content (AvgIpc) is 2.31. The van der Waals surface area contributed by atoms with Crippen molar-refractivity contribution in [3.8, 4) is 5.75 Å². The third kappa shape index (κ3) is 1.84. The van der Waals surface area contributed by atoms with Crippen LogP contribution in [0.1, 0.15) is 13.8 Å².